The Balaban J connectivity index is 3.92. The van der Waals surface area contributed by atoms with Crippen molar-refractivity contribution in [1.29, 1.82) is 0 Å². The van der Waals surface area contributed by atoms with Crippen LogP contribution in [0.4, 0.5) is 0 Å². The van der Waals surface area contributed by atoms with E-state index in [4.69, 9.17) is 9.05 Å². The van der Waals surface area contributed by atoms with Gasteiger partial charge < -0.3 is 28.8 Å². The Kier molecular flexibility index (Phi) is 55.9. The SMILES string of the molecule is CCCCCCCCCCCCCCC/C=C/C(O)C(COP(=O)([O-])OCC[N+](C)(C)C)NC(=O)CCCCCCCCCCCCCCCCCCC/C=C\CCCCCCCCCCCCCCCCCC. The maximum atomic E-state index is 13.0. The van der Waals surface area contributed by atoms with E-state index >= 15 is 0 Å². The van der Waals surface area contributed by atoms with Crippen molar-refractivity contribution in [2.75, 3.05) is 40.9 Å². The summed E-state index contributed by atoms with van der Waals surface area (Å²) in [4.78, 5) is 25.5. The van der Waals surface area contributed by atoms with E-state index in [9.17, 15) is 19.4 Å². The summed E-state index contributed by atoms with van der Waals surface area (Å²) in [6.07, 6.45) is 73.0. The number of likely N-dealkylation sites (N-methyl/N-ethyl adjacent to an activating group) is 1. The van der Waals surface area contributed by atoms with Crippen molar-refractivity contribution in [3.05, 3.63) is 24.3 Å². The van der Waals surface area contributed by atoms with Gasteiger partial charge in [0, 0.05) is 6.42 Å². The summed E-state index contributed by atoms with van der Waals surface area (Å²) in [5, 5.41) is 13.9. The fourth-order valence-corrected chi connectivity index (χ4v) is 10.8. The number of nitrogens with zero attached hydrogens (tertiary/aromatic N) is 1. The number of carbonyl (C=O) groups is 1. The molecular formula is C65H129N2O6P. The quantitative estimate of drug-likeness (QED) is 0.0272. The third kappa shape index (κ3) is 58.7. The highest BCUT2D eigenvalue weighted by Crippen LogP contribution is 2.38. The molecule has 0 bridgehead atoms. The molecule has 0 rings (SSSR count). The molecule has 0 aromatic rings. The van der Waals surface area contributed by atoms with Crippen LogP contribution < -0.4 is 10.2 Å². The Morgan fingerprint density at radius 1 is 0.459 bits per heavy atom. The van der Waals surface area contributed by atoms with Gasteiger partial charge in [0.05, 0.1) is 39.9 Å². The molecule has 0 aliphatic carbocycles. The van der Waals surface area contributed by atoms with Gasteiger partial charge in [-0.3, -0.25) is 9.36 Å². The standard InChI is InChI=1S/C65H129N2O6P/c1-6-8-10-12-14-16-18-20-22-23-24-25-26-27-28-29-30-31-32-33-34-35-36-37-38-39-40-41-42-43-45-47-49-51-53-55-57-59-65(69)66-63(62-73-74(70,71)72-61-60-67(3,4)5)64(68)58-56-54-52-50-48-46-44-21-19-17-15-13-11-9-7-2/h31-32,56,58,63-64,68H,6-30,33-55,57,59-62H2,1-5H3,(H-,66,69,70,71)/b32-31-,58-56+. The number of allylic oxidation sites excluding steroid dienone is 3. The highest BCUT2D eigenvalue weighted by Gasteiger charge is 2.23. The lowest BCUT2D eigenvalue weighted by Gasteiger charge is -2.29. The fraction of sp³-hybridized carbons (Fsp3) is 0.923. The van der Waals surface area contributed by atoms with E-state index in [2.05, 4.69) is 31.3 Å². The normalized spacial score (nSPS) is 13.9. The monoisotopic (exact) mass is 1060 g/mol. The number of unbranched alkanes of at least 4 members (excludes halogenated alkanes) is 46. The number of carbonyl (C=O) groups excluding carboxylic acids is 1. The van der Waals surface area contributed by atoms with Gasteiger partial charge in [-0.2, -0.15) is 0 Å². The predicted octanol–water partition coefficient (Wildman–Crippen LogP) is 19.7. The zero-order valence-electron chi connectivity index (χ0n) is 50.3. The average molecular weight is 1070 g/mol. The lowest BCUT2D eigenvalue weighted by molar-refractivity contribution is -0.870. The Morgan fingerprint density at radius 3 is 1.05 bits per heavy atom. The second kappa shape index (κ2) is 56.7. The first kappa shape index (κ1) is 73.0. The van der Waals surface area contributed by atoms with Crippen LogP contribution in [-0.4, -0.2) is 68.5 Å². The van der Waals surface area contributed by atoms with Crippen molar-refractivity contribution in [2.45, 2.75) is 347 Å². The number of aliphatic hydroxyl groups excluding tert-OH is 1. The van der Waals surface area contributed by atoms with Gasteiger partial charge in [0.25, 0.3) is 7.82 Å². The first-order chi connectivity index (χ1) is 36.0. The average Bonchev–Trinajstić information content (AvgIpc) is 3.36. The van der Waals surface area contributed by atoms with E-state index in [1.165, 1.54) is 276 Å². The van der Waals surface area contributed by atoms with Gasteiger partial charge in [-0.15, -0.1) is 0 Å². The Labute approximate surface area is 462 Å². The molecule has 0 saturated heterocycles. The largest absolute Gasteiger partial charge is 0.756 e. The van der Waals surface area contributed by atoms with Crippen molar-refractivity contribution in [3.63, 3.8) is 0 Å². The number of nitrogens with one attached hydrogen (secondary N) is 1. The number of phosphoric acid groups is 1. The zero-order valence-corrected chi connectivity index (χ0v) is 51.2. The first-order valence-corrected chi connectivity index (χ1v) is 34.2. The molecule has 0 aromatic heterocycles. The molecule has 0 fully saturated rings. The van der Waals surface area contributed by atoms with Crippen LogP contribution in [0.3, 0.4) is 0 Å². The minimum atomic E-state index is -4.59. The number of aliphatic hydroxyl groups is 1. The third-order valence-corrected chi connectivity index (χ3v) is 16.1. The number of quaternary nitrogens is 1. The summed E-state index contributed by atoms with van der Waals surface area (Å²) < 4.78 is 23.4. The molecule has 2 N–H and O–H groups in total. The van der Waals surface area contributed by atoms with E-state index in [-0.39, 0.29) is 19.1 Å². The predicted molar refractivity (Wildman–Crippen MR) is 321 cm³/mol. The second-order valence-electron chi connectivity index (χ2n) is 23.8. The molecule has 8 nitrogen and oxygen atoms in total. The summed E-state index contributed by atoms with van der Waals surface area (Å²) in [7, 11) is 1.28. The number of hydrogen-bond donors (Lipinski definition) is 2. The minimum Gasteiger partial charge on any atom is -0.756 e. The maximum absolute atomic E-state index is 13.0. The van der Waals surface area contributed by atoms with Crippen LogP contribution in [0, 0.1) is 0 Å². The van der Waals surface area contributed by atoms with Crippen molar-refractivity contribution in [3.8, 4) is 0 Å². The van der Waals surface area contributed by atoms with Crippen LogP contribution in [0.2, 0.25) is 0 Å². The summed E-state index contributed by atoms with van der Waals surface area (Å²) in [5.74, 6) is -0.191. The third-order valence-electron chi connectivity index (χ3n) is 15.2. The van der Waals surface area contributed by atoms with E-state index < -0.39 is 20.0 Å². The van der Waals surface area contributed by atoms with Gasteiger partial charge in [0.1, 0.15) is 13.2 Å². The van der Waals surface area contributed by atoms with Crippen LogP contribution >= 0.6 is 7.82 Å². The summed E-state index contributed by atoms with van der Waals surface area (Å²) >= 11 is 0. The summed E-state index contributed by atoms with van der Waals surface area (Å²) in [6, 6.07) is -0.884. The van der Waals surface area contributed by atoms with E-state index in [1.54, 1.807) is 6.08 Å². The molecule has 0 aromatic carbocycles. The molecule has 0 saturated carbocycles. The van der Waals surface area contributed by atoms with Crippen molar-refractivity contribution < 1.29 is 32.9 Å². The topological polar surface area (TPSA) is 108 Å². The molecule has 74 heavy (non-hydrogen) atoms. The van der Waals surface area contributed by atoms with Gasteiger partial charge in [0.15, 0.2) is 0 Å². The lowest BCUT2D eigenvalue weighted by atomic mass is 10.0. The molecule has 0 spiro atoms. The molecule has 1 amide bonds. The van der Waals surface area contributed by atoms with Crippen molar-refractivity contribution in [1.82, 2.24) is 5.32 Å². The van der Waals surface area contributed by atoms with E-state index in [0.717, 1.165) is 38.5 Å². The fourth-order valence-electron chi connectivity index (χ4n) is 10.0. The lowest BCUT2D eigenvalue weighted by Crippen LogP contribution is -2.45. The number of amides is 1. The molecule has 3 atom stereocenters. The molecule has 0 aliphatic heterocycles. The van der Waals surface area contributed by atoms with E-state index in [1.807, 2.05) is 27.2 Å². The van der Waals surface area contributed by atoms with Gasteiger partial charge in [-0.25, -0.2) is 0 Å². The van der Waals surface area contributed by atoms with Gasteiger partial charge >= 0.3 is 0 Å². The Bertz CT molecular complexity index is 1260. The number of rotatable bonds is 61. The van der Waals surface area contributed by atoms with Crippen LogP contribution in [0.5, 0.6) is 0 Å². The van der Waals surface area contributed by atoms with Crippen molar-refractivity contribution >= 4 is 13.7 Å². The highest BCUT2D eigenvalue weighted by molar-refractivity contribution is 7.45. The van der Waals surface area contributed by atoms with Crippen LogP contribution in [0.15, 0.2) is 24.3 Å². The molecule has 0 radical (unpaired) electrons. The zero-order chi connectivity index (χ0) is 54.2. The van der Waals surface area contributed by atoms with Gasteiger partial charge in [-0.1, -0.05) is 308 Å². The number of phosphoric ester groups is 1. The highest BCUT2D eigenvalue weighted by atomic mass is 31.2. The number of hydrogen-bond acceptors (Lipinski definition) is 6. The molecule has 0 aliphatic rings. The Morgan fingerprint density at radius 2 is 0.743 bits per heavy atom. The Hall–Kier alpha value is -1.02. The van der Waals surface area contributed by atoms with Crippen molar-refractivity contribution in [2.24, 2.45) is 0 Å². The smallest absolute Gasteiger partial charge is 0.268 e. The molecule has 440 valence electrons. The molecule has 0 heterocycles. The molecule has 9 heteroatoms. The van der Waals surface area contributed by atoms with Gasteiger partial charge in [-0.05, 0) is 44.9 Å². The van der Waals surface area contributed by atoms with Crippen LogP contribution in [0.25, 0.3) is 0 Å². The minimum absolute atomic E-state index is 0.00140. The van der Waals surface area contributed by atoms with E-state index in [0.29, 0.717) is 17.4 Å². The molecular weight excluding hydrogens is 936 g/mol. The van der Waals surface area contributed by atoms with Gasteiger partial charge in [0.2, 0.25) is 5.91 Å². The van der Waals surface area contributed by atoms with Crippen LogP contribution in [-0.2, 0) is 18.4 Å². The maximum Gasteiger partial charge on any atom is 0.268 e. The molecule has 3 unspecified atom stereocenters. The first-order valence-electron chi connectivity index (χ1n) is 32.7. The van der Waals surface area contributed by atoms with Crippen LogP contribution in [0.1, 0.15) is 335 Å². The second-order valence-corrected chi connectivity index (χ2v) is 25.2. The summed E-state index contributed by atoms with van der Waals surface area (Å²) in [5.41, 5.74) is 0. The summed E-state index contributed by atoms with van der Waals surface area (Å²) in [6.45, 7) is 4.69.